The van der Waals surface area contributed by atoms with E-state index in [1.54, 1.807) is 0 Å². The van der Waals surface area contributed by atoms with Crippen LogP contribution in [0.5, 0.6) is 0 Å². The molecule has 1 aliphatic heterocycles. The molecule has 0 aromatic heterocycles. The topological polar surface area (TPSA) is 20.3 Å². The summed E-state index contributed by atoms with van der Waals surface area (Å²) in [5, 5.41) is 0. The maximum Gasteiger partial charge on any atom is 0.146 e. The van der Waals surface area contributed by atoms with Crippen LogP contribution in [0, 0.1) is 11.3 Å². The van der Waals surface area contributed by atoms with E-state index < -0.39 is 0 Å². The zero-order chi connectivity index (χ0) is 10.8. The van der Waals surface area contributed by atoms with Crippen LogP contribution in [0.4, 0.5) is 0 Å². The Hall–Kier alpha value is -0.370. The molecule has 1 aliphatic rings. The van der Waals surface area contributed by atoms with E-state index in [2.05, 4.69) is 25.7 Å². The van der Waals surface area contributed by atoms with Gasteiger partial charge in [-0.05, 0) is 24.3 Å². The van der Waals surface area contributed by atoms with Crippen molar-refractivity contribution in [3.8, 4) is 0 Å². The largest absolute Gasteiger partial charge is 0.298 e. The predicted molar refractivity (Wildman–Crippen MR) is 59.3 cm³/mol. The third-order valence-electron chi connectivity index (χ3n) is 3.29. The molecule has 0 amide bonds. The van der Waals surface area contributed by atoms with Crippen LogP contribution >= 0.6 is 0 Å². The first-order valence-electron chi connectivity index (χ1n) is 5.67. The maximum atomic E-state index is 11.3. The zero-order valence-corrected chi connectivity index (χ0v) is 9.97. The van der Waals surface area contributed by atoms with E-state index in [-0.39, 0.29) is 0 Å². The molecule has 82 valence electrons. The Kier molecular flexibility index (Phi) is 3.71. The van der Waals surface area contributed by atoms with E-state index in [4.69, 9.17) is 0 Å². The third kappa shape index (κ3) is 3.09. The van der Waals surface area contributed by atoms with Gasteiger partial charge in [0.15, 0.2) is 0 Å². The van der Waals surface area contributed by atoms with Crippen LogP contribution in [0.2, 0.25) is 0 Å². The van der Waals surface area contributed by atoms with Crippen LogP contribution in [0.25, 0.3) is 0 Å². The van der Waals surface area contributed by atoms with Crippen LogP contribution < -0.4 is 0 Å². The number of hydrogen-bond acceptors (Lipinski definition) is 2. The summed E-state index contributed by atoms with van der Waals surface area (Å²) in [7, 11) is 0. The van der Waals surface area contributed by atoms with Gasteiger partial charge in [0.25, 0.3) is 0 Å². The number of ketones is 1. The molecule has 0 saturated carbocycles. The van der Waals surface area contributed by atoms with Gasteiger partial charge in [-0.25, -0.2) is 0 Å². The number of hydrogen-bond donors (Lipinski definition) is 0. The molecule has 1 fully saturated rings. The van der Waals surface area contributed by atoms with Gasteiger partial charge >= 0.3 is 0 Å². The lowest BCUT2D eigenvalue weighted by Crippen LogP contribution is -2.30. The first-order valence-corrected chi connectivity index (χ1v) is 5.67. The Morgan fingerprint density at radius 2 is 2.07 bits per heavy atom. The number of likely N-dealkylation sites (tertiary alicyclic amines) is 1. The second-order valence-electron chi connectivity index (χ2n) is 5.48. The molecule has 1 unspecified atom stereocenters. The Bertz CT molecular complexity index is 205. The molecular formula is C12H23NO. The van der Waals surface area contributed by atoms with Gasteiger partial charge in [0.1, 0.15) is 5.78 Å². The molecule has 2 heteroatoms. The fourth-order valence-corrected chi connectivity index (χ4v) is 2.04. The molecule has 0 aromatic rings. The number of rotatable bonds is 3. The molecule has 0 bridgehead atoms. The normalized spacial score (nSPS) is 24.1. The van der Waals surface area contributed by atoms with E-state index >= 15 is 0 Å². The van der Waals surface area contributed by atoms with Gasteiger partial charge in [0, 0.05) is 13.0 Å². The van der Waals surface area contributed by atoms with Gasteiger partial charge in [-0.15, -0.1) is 0 Å². The first kappa shape index (κ1) is 11.7. The van der Waals surface area contributed by atoms with Gasteiger partial charge in [-0.2, -0.15) is 0 Å². The molecule has 1 atom stereocenters. The van der Waals surface area contributed by atoms with Crippen LogP contribution in [-0.2, 0) is 4.79 Å². The lowest BCUT2D eigenvalue weighted by molar-refractivity contribution is -0.119. The molecule has 0 radical (unpaired) electrons. The van der Waals surface area contributed by atoms with Crippen LogP contribution in [0.3, 0.4) is 0 Å². The Labute approximate surface area is 87.7 Å². The van der Waals surface area contributed by atoms with E-state index in [9.17, 15) is 4.79 Å². The standard InChI is InChI=1S/C12H23NO/c1-5-11(14)9-13-7-6-10(8-13)12(2,3)4/h10H,5-9H2,1-4H3. The summed E-state index contributed by atoms with van der Waals surface area (Å²) in [5.74, 6) is 1.13. The second-order valence-corrected chi connectivity index (χ2v) is 5.48. The van der Waals surface area contributed by atoms with E-state index in [1.165, 1.54) is 6.42 Å². The smallest absolute Gasteiger partial charge is 0.146 e. The molecule has 0 spiro atoms. The minimum absolute atomic E-state index is 0.375. The molecule has 14 heavy (non-hydrogen) atoms. The molecule has 1 heterocycles. The maximum absolute atomic E-state index is 11.3. The lowest BCUT2D eigenvalue weighted by Gasteiger charge is -2.26. The Morgan fingerprint density at radius 3 is 2.50 bits per heavy atom. The second kappa shape index (κ2) is 4.43. The summed E-state index contributed by atoms with van der Waals surface area (Å²) < 4.78 is 0. The SMILES string of the molecule is CCC(=O)CN1CCC(C(C)(C)C)C1. The molecule has 2 nitrogen and oxygen atoms in total. The van der Waals surface area contributed by atoms with E-state index in [0.717, 1.165) is 19.0 Å². The summed E-state index contributed by atoms with van der Waals surface area (Å²) in [5.41, 5.74) is 0.393. The van der Waals surface area contributed by atoms with Crippen molar-refractivity contribution in [1.82, 2.24) is 4.90 Å². The highest BCUT2D eigenvalue weighted by Crippen LogP contribution is 2.33. The first-order chi connectivity index (χ1) is 6.43. The van der Waals surface area contributed by atoms with Gasteiger partial charge in [-0.3, -0.25) is 9.69 Å². The predicted octanol–water partition coefficient (Wildman–Crippen LogP) is 2.33. The number of carbonyl (C=O) groups is 1. The molecule has 1 rings (SSSR count). The van der Waals surface area contributed by atoms with E-state index in [1.807, 2.05) is 6.92 Å². The van der Waals surface area contributed by atoms with Gasteiger partial charge in [0.2, 0.25) is 0 Å². The van der Waals surface area contributed by atoms with Crippen molar-refractivity contribution >= 4 is 5.78 Å². The molecule has 0 N–H and O–H groups in total. The van der Waals surface area contributed by atoms with E-state index in [0.29, 0.717) is 24.2 Å². The van der Waals surface area contributed by atoms with Gasteiger partial charge in [0.05, 0.1) is 6.54 Å². The minimum atomic E-state index is 0.375. The quantitative estimate of drug-likeness (QED) is 0.692. The fraction of sp³-hybridized carbons (Fsp3) is 0.917. The van der Waals surface area contributed by atoms with Gasteiger partial charge in [-0.1, -0.05) is 27.7 Å². The van der Waals surface area contributed by atoms with Crippen molar-refractivity contribution in [2.24, 2.45) is 11.3 Å². The zero-order valence-electron chi connectivity index (χ0n) is 9.97. The summed E-state index contributed by atoms with van der Waals surface area (Å²) in [4.78, 5) is 13.6. The molecule has 0 aromatic carbocycles. The summed E-state index contributed by atoms with van der Waals surface area (Å²) in [6.07, 6.45) is 1.93. The van der Waals surface area contributed by atoms with Crippen molar-refractivity contribution in [1.29, 1.82) is 0 Å². The lowest BCUT2D eigenvalue weighted by atomic mass is 9.80. The number of nitrogens with zero attached hydrogens (tertiary/aromatic N) is 1. The summed E-state index contributed by atoms with van der Waals surface area (Å²) in [6.45, 7) is 11.7. The minimum Gasteiger partial charge on any atom is -0.298 e. The monoisotopic (exact) mass is 197 g/mol. The average molecular weight is 197 g/mol. The van der Waals surface area contributed by atoms with Crippen molar-refractivity contribution in [3.63, 3.8) is 0 Å². The van der Waals surface area contributed by atoms with Gasteiger partial charge < -0.3 is 0 Å². The van der Waals surface area contributed by atoms with Crippen LogP contribution in [-0.4, -0.2) is 30.3 Å². The Morgan fingerprint density at radius 1 is 1.43 bits per heavy atom. The Balaban J connectivity index is 2.38. The molecule has 1 saturated heterocycles. The number of carbonyl (C=O) groups excluding carboxylic acids is 1. The van der Waals surface area contributed by atoms with Crippen molar-refractivity contribution in [3.05, 3.63) is 0 Å². The van der Waals surface area contributed by atoms with Crippen LogP contribution in [0.1, 0.15) is 40.5 Å². The highest BCUT2D eigenvalue weighted by Gasteiger charge is 2.31. The molecular weight excluding hydrogens is 174 g/mol. The average Bonchev–Trinajstić information content (AvgIpc) is 2.51. The van der Waals surface area contributed by atoms with Crippen molar-refractivity contribution in [2.45, 2.75) is 40.5 Å². The van der Waals surface area contributed by atoms with Crippen molar-refractivity contribution < 1.29 is 4.79 Å². The van der Waals surface area contributed by atoms with Crippen molar-refractivity contribution in [2.75, 3.05) is 19.6 Å². The number of Topliss-reactive ketones (excluding diaryl/α,β-unsaturated/α-hetero) is 1. The summed E-state index contributed by atoms with van der Waals surface area (Å²) >= 11 is 0. The highest BCUT2D eigenvalue weighted by molar-refractivity contribution is 5.80. The summed E-state index contributed by atoms with van der Waals surface area (Å²) in [6, 6.07) is 0. The fourth-order valence-electron chi connectivity index (χ4n) is 2.04. The highest BCUT2D eigenvalue weighted by atomic mass is 16.1. The molecule has 0 aliphatic carbocycles. The third-order valence-corrected chi connectivity index (χ3v) is 3.29. The van der Waals surface area contributed by atoms with Crippen LogP contribution in [0.15, 0.2) is 0 Å².